The molecule has 2 aromatic rings. The van der Waals surface area contributed by atoms with Crippen molar-refractivity contribution in [2.75, 3.05) is 11.5 Å². The Morgan fingerprint density at radius 3 is 2.36 bits per heavy atom. The minimum atomic E-state index is -0.851. The number of carbonyl (C=O) groups is 3. The third kappa shape index (κ3) is 5.69. The van der Waals surface area contributed by atoms with Gasteiger partial charge >= 0.3 is 6.03 Å². The second-order valence-electron chi connectivity index (χ2n) is 7.56. The van der Waals surface area contributed by atoms with Crippen LogP contribution in [0, 0.1) is 6.92 Å². The molecule has 174 valence electrons. The first kappa shape index (κ1) is 25.1. The zero-order valence-electron chi connectivity index (χ0n) is 18.2. The number of nitrogens with one attached hydrogen (secondary N) is 1. The summed E-state index contributed by atoms with van der Waals surface area (Å²) < 4.78 is 5.72. The van der Waals surface area contributed by atoms with Gasteiger partial charge < -0.3 is 4.74 Å². The number of barbiturate groups is 1. The highest BCUT2D eigenvalue weighted by molar-refractivity contribution is 6.40. The van der Waals surface area contributed by atoms with Gasteiger partial charge in [-0.05, 0) is 54.8 Å². The van der Waals surface area contributed by atoms with E-state index in [1.807, 2.05) is 0 Å². The molecule has 9 heteroatoms. The number of carbonyl (C=O) groups excluding carboxylic acids is 3. The minimum Gasteiger partial charge on any atom is -0.490 e. The number of hydrogen-bond donors (Lipinski definition) is 1. The summed E-state index contributed by atoms with van der Waals surface area (Å²) in [5.74, 6) is -1.25. The van der Waals surface area contributed by atoms with Crippen LogP contribution in [0.15, 0.2) is 35.9 Å². The average Bonchev–Trinajstić information content (AvgIpc) is 2.75. The molecule has 0 aromatic heterocycles. The molecule has 1 heterocycles. The van der Waals surface area contributed by atoms with Crippen LogP contribution in [0.25, 0.3) is 6.08 Å². The minimum absolute atomic E-state index is 0.241. The molecule has 0 radical (unpaired) electrons. The lowest BCUT2D eigenvalue weighted by molar-refractivity contribution is -0.122. The summed E-state index contributed by atoms with van der Waals surface area (Å²) in [5.41, 5.74) is 0.988. The zero-order valence-corrected chi connectivity index (χ0v) is 20.5. The van der Waals surface area contributed by atoms with Gasteiger partial charge in [-0.3, -0.25) is 14.9 Å². The number of halogens is 3. The fourth-order valence-electron chi connectivity index (χ4n) is 3.39. The van der Waals surface area contributed by atoms with Crippen molar-refractivity contribution in [1.82, 2.24) is 5.32 Å². The molecule has 0 aliphatic carbocycles. The van der Waals surface area contributed by atoms with Gasteiger partial charge in [0.05, 0.1) is 22.3 Å². The van der Waals surface area contributed by atoms with E-state index in [0.29, 0.717) is 28.5 Å². The van der Waals surface area contributed by atoms with Crippen LogP contribution in [-0.4, -0.2) is 24.5 Å². The largest absolute Gasteiger partial charge is 0.490 e. The van der Waals surface area contributed by atoms with Crippen molar-refractivity contribution in [3.05, 3.63) is 62.1 Å². The summed E-state index contributed by atoms with van der Waals surface area (Å²) in [5, 5.41) is 3.09. The molecule has 0 unspecified atom stereocenters. The Balaban J connectivity index is 1.88. The number of unbranched alkanes of at least 4 members (excludes halogenated alkanes) is 3. The molecule has 0 saturated carbocycles. The Hall–Kier alpha value is -2.54. The Morgan fingerprint density at radius 2 is 1.70 bits per heavy atom. The number of ether oxygens (including phenoxy) is 1. The molecular formula is C24H23Cl3N2O4. The summed E-state index contributed by atoms with van der Waals surface area (Å²) in [7, 11) is 0. The van der Waals surface area contributed by atoms with Crippen molar-refractivity contribution >= 4 is 64.4 Å². The van der Waals surface area contributed by atoms with Crippen molar-refractivity contribution in [1.29, 1.82) is 0 Å². The third-order valence-electron chi connectivity index (χ3n) is 5.16. The number of imide groups is 2. The maximum absolute atomic E-state index is 13.1. The van der Waals surface area contributed by atoms with Gasteiger partial charge in [0.2, 0.25) is 0 Å². The molecule has 1 N–H and O–H groups in total. The number of amides is 4. The van der Waals surface area contributed by atoms with Crippen LogP contribution in [-0.2, 0) is 9.59 Å². The van der Waals surface area contributed by atoms with Crippen molar-refractivity contribution in [2.45, 2.75) is 39.5 Å². The van der Waals surface area contributed by atoms with Crippen LogP contribution in [0.3, 0.4) is 0 Å². The Kier molecular flexibility index (Phi) is 8.40. The summed E-state index contributed by atoms with van der Waals surface area (Å²) in [6, 6.07) is 7.08. The quantitative estimate of drug-likeness (QED) is 0.248. The molecule has 3 rings (SSSR count). The van der Waals surface area contributed by atoms with Crippen molar-refractivity contribution < 1.29 is 19.1 Å². The lowest BCUT2D eigenvalue weighted by Gasteiger charge is -2.27. The fraction of sp³-hybridized carbons (Fsp3) is 0.292. The van der Waals surface area contributed by atoms with E-state index >= 15 is 0 Å². The van der Waals surface area contributed by atoms with Crippen LogP contribution < -0.4 is 15.0 Å². The number of rotatable bonds is 8. The smallest absolute Gasteiger partial charge is 0.335 e. The highest BCUT2D eigenvalue weighted by atomic mass is 35.5. The summed E-state index contributed by atoms with van der Waals surface area (Å²) in [6.07, 6.45) is 5.51. The second-order valence-corrected chi connectivity index (χ2v) is 8.79. The van der Waals surface area contributed by atoms with Crippen LogP contribution in [0.1, 0.15) is 43.7 Å². The highest BCUT2D eigenvalue weighted by Crippen LogP contribution is 2.36. The number of anilines is 1. The lowest BCUT2D eigenvalue weighted by atomic mass is 10.1. The normalized spacial score (nSPS) is 15.2. The molecule has 0 spiro atoms. The van der Waals surface area contributed by atoms with Gasteiger partial charge in [-0.2, -0.15) is 0 Å². The van der Waals surface area contributed by atoms with Gasteiger partial charge in [0.15, 0.2) is 5.75 Å². The number of nitrogens with zero attached hydrogens (tertiary/aromatic N) is 1. The van der Waals surface area contributed by atoms with Gasteiger partial charge in [-0.15, -0.1) is 0 Å². The zero-order chi connectivity index (χ0) is 24.1. The van der Waals surface area contributed by atoms with E-state index in [4.69, 9.17) is 39.5 Å². The van der Waals surface area contributed by atoms with E-state index < -0.39 is 17.8 Å². The predicted octanol–water partition coefficient (Wildman–Crippen LogP) is 6.58. The third-order valence-corrected chi connectivity index (χ3v) is 6.13. The van der Waals surface area contributed by atoms with Gasteiger partial charge in [-0.25, -0.2) is 9.69 Å². The Labute approximate surface area is 207 Å². The van der Waals surface area contributed by atoms with E-state index in [2.05, 4.69) is 12.2 Å². The van der Waals surface area contributed by atoms with Crippen LogP contribution in [0.2, 0.25) is 15.1 Å². The summed E-state index contributed by atoms with van der Waals surface area (Å²) >= 11 is 18.8. The summed E-state index contributed by atoms with van der Waals surface area (Å²) in [4.78, 5) is 38.9. The lowest BCUT2D eigenvalue weighted by Crippen LogP contribution is -2.54. The Morgan fingerprint density at radius 1 is 1.00 bits per heavy atom. The molecule has 33 heavy (non-hydrogen) atoms. The molecule has 0 atom stereocenters. The van der Waals surface area contributed by atoms with Gasteiger partial charge in [0.1, 0.15) is 5.57 Å². The van der Waals surface area contributed by atoms with E-state index in [1.54, 1.807) is 37.3 Å². The average molecular weight is 510 g/mol. The molecule has 6 nitrogen and oxygen atoms in total. The molecule has 1 aliphatic rings. The van der Waals surface area contributed by atoms with E-state index in [0.717, 1.165) is 30.6 Å². The maximum Gasteiger partial charge on any atom is 0.335 e. The predicted molar refractivity (Wildman–Crippen MR) is 131 cm³/mol. The Bertz CT molecular complexity index is 1110. The van der Waals surface area contributed by atoms with Gasteiger partial charge in [0.25, 0.3) is 11.8 Å². The van der Waals surface area contributed by atoms with Crippen LogP contribution in [0.4, 0.5) is 10.5 Å². The first-order valence-corrected chi connectivity index (χ1v) is 11.7. The maximum atomic E-state index is 13.1. The summed E-state index contributed by atoms with van der Waals surface area (Å²) in [6.45, 7) is 4.29. The van der Waals surface area contributed by atoms with E-state index in [-0.39, 0.29) is 21.3 Å². The first-order chi connectivity index (χ1) is 15.7. The van der Waals surface area contributed by atoms with E-state index in [1.165, 1.54) is 6.08 Å². The standard InChI is InChI=1S/C24H23Cl3N2O4/c1-3-4-5-6-10-33-21-18(26)12-15(13-19(21)27)11-16-22(30)28-24(32)29(23(16)31)20-9-7-8-17(25)14(20)2/h7-9,11-13H,3-6,10H2,1-2H3,(H,28,30,32)/b16-11-. The molecule has 2 aromatic carbocycles. The first-order valence-electron chi connectivity index (χ1n) is 10.5. The molecule has 1 saturated heterocycles. The highest BCUT2D eigenvalue weighted by Gasteiger charge is 2.37. The van der Waals surface area contributed by atoms with Crippen molar-refractivity contribution in [3.63, 3.8) is 0 Å². The molecule has 1 aliphatic heterocycles. The van der Waals surface area contributed by atoms with Crippen molar-refractivity contribution in [3.8, 4) is 5.75 Å². The number of benzene rings is 2. The number of urea groups is 1. The van der Waals surface area contributed by atoms with E-state index in [9.17, 15) is 14.4 Å². The fourth-order valence-corrected chi connectivity index (χ4v) is 4.17. The van der Waals surface area contributed by atoms with Crippen LogP contribution >= 0.6 is 34.8 Å². The molecule has 0 bridgehead atoms. The topological polar surface area (TPSA) is 75.7 Å². The molecule has 1 fully saturated rings. The van der Waals surface area contributed by atoms with Crippen molar-refractivity contribution in [2.24, 2.45) is 0 Å². The second kappa shape index (κ2) is 11.1. The molecule has 4 amide bonds. The van der Waals surface area contributed by atoms with Gasteiger partial charge in [0, 0.05) is 5.02 Å². The number of hydrogen-bond acceptors (Lipinski definition) is 4. The van der Waals surface area contributed by atoms with Gasteiger partial charge in [-0.1, -0.05) is 67.1 Å². The monoisotopic (exact) mass is 508 g/mol. The van der Waals surface area contributed by atoms with Crippen LogP contribution in [0.5, 0.6) is 5.75 Å². The molecular weight excluding hydrogens is 487 g/mol. The SMILES string of the molecule is CCCCCCOc1c(Cl)cc(/C=C2/C(=O)NC(=O)N(c3cccc(Cl)c3C)C2=O)cc1Cl.